The maximum absolute atomic E-state index is 11.2. The molecule has 0 aliphatic heterocycles. The summed E-state index contributed by atoms with van der Waals surface area (Å²) in [7, 11) is 0. The number of benzene rings is 2. The van der Waals surface area contributed by atoms with Gasteiger partial charge in [-0.15, -0.1) is 0 Å². The van der Waals surface area contributed by atoms with Crippen LogP contribution in [0.3, 0.4) is 0 Å². The van der Waals surface area contributed by atoms with Crippen LogP contribution < -0.4 is 11.1 Å². The lowest BCUT2D eigenvalue weighted by molar-refractivity contribution is 0.0698. The van der Waals surface area contributed by atoms with Gasteiger partial charge in [-0.1, -0.05) is 11.6 Å². The third kappa shape index (κ3) is 3.05. The van der Waals surface area contributed by atoms with Crippen LogP contribution >= 0.6 is 27.5 Å². The summed E-state index contributed by atoms with van der Waals surface area (Å²) < 4.78 is 0.788. The third-order valence-electron chi connectivity index (χ3n) is 2.83. The monoisotopic (exact) mass is 354 g/mol. The van der Waals surface area contributed by atoms with Gasteiger partial charge in [0.15, 0.2) is 0 Å². The molecule has 0 bridgehead atoms. The molecule has 0 spiro atoms. The highest BCUT2D eigenvalue weighted by Gasteiger charge is 2.12. The van der Waals surface area contributed by atoms with E-state index in [-0.39, 0.29) is 11.3 Å². The fraction of sp³-hybridized carbons (Fsp3) is 0.0714. The first-order chi connectivity index (χ1) is 9.38. The van der Waals surface area contributed by atoms with Crippen LogP contribution in [0.2, 0.25) is 5.02 Å². The number of nitrogens with one attached hydrogen (secondary N) is 1. The van der Waals surface area contributed by atoms with Crippen molar-refractivity contribution in [3.05, 3.63) is 51.0 Å². The van der Waals surface area contributed by atoms with Crippen LogP contribution in [-0.2, 0) is 0 Å². The number of hydrogen-bond donors (Lipinski definition) is 3. The van der Waals surface area contributed by atoms with Crippen LogP contribution in [-0.4, -0.2) is 11.1 Å². The number of nitrogens with two attached hydrogens (primary N) is 1. The zero-order valence-corrected chi connectivity index (χ0v) is 12.9. The van der Waals surface area contributed by atoms with Crippen molar-refractivity contribution in [1.29, 1.82) is 0 Å². The molecule has 0 saturated heterocycles. The second-order valence-electron chi connectivity index (χ2n) is 4.31. The van der Waals surface area contributed by atoms with Gasteiger partial charge in [-0.05, 0) is 58.7 Å². The van der Waals surface area contributed by atoms with Gasteiger partial charge in [0.05, 0.1) is 11.3 Å². The van der Waals surface area contributed by atoms with Gasteiger partial charge >= 0.3 is 5.97 Å². The van der Waals surface area contributed by atoms with Crippen molar-refractivity contribution in [2.75, 3.05) is 11.1 Å². The smallest absolute Gasteiger partial charge is 0.337 e. The first-order valence-electron chi connectivity index (χ1n) is 5.74. The Kier molecular flexibility index (Phi) is 4.20. The molecule has 4 nitrogen and oxygen atoms in total. The number of hydrogen-bond acceptors (Lipinski definition) is 3. The van der Waals surface area contributed by atoms with E-state index in [1.807, 2.05) is 0 Å². The second-order valence-corrected chi connectivity index (χ2v) is 5.60. The van der Waals surface area contributed by atoms with Gasteiger partial charge < -0.3 is 16.2 Å². The van der Waals surface area contributed by atoms with E-state index in [1.165, 1.54) is 6.07 Å². The van der Waals surface area contributed by atoms with E-state index in [2.05, 4.69) is 21.2 Å². The molecule has 0 unspecified atom stereocenters. The van der Waals surface area contributed by atoms with E-state index in [0.717, 1.165) is 10.2 Å². The van der Waals surface area contributed by atoms with E-state index in [0.29, 0.717) is 16.3 Å². The number of aryl methyl sites for hydroxylation is 1. The molecule has 0 radical (unpaired) electrons. The van der Waals surface area contributed by atoms with Crippen molar-refractivity contribution in [2.45, 2.75) is 6.92 Å². The van der Waals surface area contributed by atoms with Crippen LogP contribution in [0.4, 0.5) is 17.1 Å². The lowest BCUT2D eigenvalue weighted by Crippen LogP contribution is -2.05. The zero-order valence-electron chi connectivity index (χ0n) is 10.6. The third-order valence-corrected chi connectivity index (χ3v) is 3.72. The summed E-state index contributed by atoms with van der Waals surface area (Å²) in [5.74, 6) is -1.05. The fourth-order valence-electron chi connectivity index (χ4n) is 1.79. The average molecular weight is 356 g/mol. The van der Waals surface area contributed by atoms with Gasteiger partial charge in [0.25, 0.3) is 0 Å². The van der Waals surface area contributed by atoms with Crippen molar-refractivity contribution >= 4 is 50.6 Å². The van der Waals surface area contributed by atoms with E-state index in [4.69, 9.17) is 22.4 Å². The molecular formula is C14H12BrClN2O2. The molecule has 0 amide bonds. The molecule has 0 heterocycles. The summed E-state index contributed by atoms with van der Waals surface area (Å²) in [5, 5.41) is 12.9. The molecule has 0 fully saturated rings. The Morgan fingerprint density at radius 3 is 2.65 bits per heavy atom. The molecule has 4 N–H and O–H groups in total. The van der Waals surface area contributed by atoms with Crippen molar-refractivity contribution < 1.29 is 9.90 Å². The minimum absolute atomic E-state index is 0.0811. The Bertz CT molecular complexity index is 689. The molecule has 0 aliphatic rings. The lowest BCUT2D eigenvalue weighted by atomic mass is 10.1. The topological polar surface area (TPSA) is 75.3 Å². The molecule has 104 valence electrons. The van der Waals surface area contributed by atoms with E-state index in [9.17, 15) is 4.79 Å². The van der Waals surface area contributed by atoms with Crippen molar-refractivity contribution in [1.82, 2.24) is 0 Å². The number of carbonyl (C=O) groups is 1. The first kappa shape index (κ1) is 14.7. The van der Waals surface area contributed by atoms with Crippen molar-refractivity contribution in [3.63, 3.8) is 0 Å². The summed E-state index contributed by atoms with van der Waals surface area (Å²) in [6.45, 7) is 1.77. The van der Waals surface area contributed by atoms with E-state index < -0.39 is 5.97 Å². The van der Waals surface area contributed by atoms with Gasteiger partial charge in [-0.2, -0.15) is 0 Å². The number of nitrogen functional groups attached to an aromatic ring is 1. The largest absolute Gasteiger partial charge is 0.478 e. The van der Waals surface area contributed by atoms with E-state index in [1.54, 1.807) is 31.2 Å². The maximum atomic E-state index is 11.2. The van der Waals surface area contributed by atoms with Gasteiger partial charge in [-0.25, -0.2) is 4.79 Å². The molecule has 6 heteroatoms. The Hall–Kier alpha value is -1.72. The summed E-state index contributed by atoms with van der Waals surface area (Å²) in [4.78, 5) is 11.2. The van der Waals surface area contributed by atoms with Crippen molar-refractivity contribution in [3.8, 4) is 0 Å². The van der Waals surface area contributed by atoms with Gasteiger partial charge in [0.2, 0.25) is 0 Å². The molecule has 20 heavy (non-hydrogen) atoms. The minimum Gasteiger partial charge on any atom is -0.478 e. The molecule has 0 atom stereocenters. The summed E-state index contributed by atoms with van der Waals surface area (Å²) >= 11 is 9.28. The van der Waals surface area contributed by atoms with Crippen LogP contribution in [0.25, 0.3) is 0 Å². The standard InChI is InChI=1S/C14H12BrClN2O2/c1-7-4-9(6-10(13(7)17)14(19)20)18-12-3-2-8(16)5-11(12)15/h2-6,18H,17H2,1H3,(H,19,20). The van der Waals surface area contributed by atoms with Crippen LogP contribution in [0.1, 0.15) is 15.9 Å². The molecule has 2 aromatic rings. The minimum atomic E-state index is -1.05. The highest BCUT2D eigenvalue weighted by Crippen LogP contribution is 2.30. The van der Waals surface area contributed by atoms with Gasteiger partial charge in [0, 0.05) is 20.9 Å². The quantitative estimate of drug-likeness (QED) is 0.712. The predicted molar refractivity (Wildman–Crippen MR) is 85.0 cm³/mol. The number of carboxylic acid groups (broad SMARTS) is 1. The molecule has 0 saturated carbocycles. The van der Waals surface area contributed by atoms with Crippen LogP contribution in [0.5, 0.6) is 0 Å². The Morgan fingerprint density at radius 2 is 2.05 bits per heavy atom. The lowest BCUT2D eigenvalue weighted by Gasteiger charge is -2.12. The molecule has 0 aliphatic carbocycles. The number of aromatic carboxylic acids is 1. The second kappa shape index (κ2) is 5.73. The first-order valence-corrected chi connectivity index (χ1v) is 6.91. The fourth-order valence-corrected chi connectivity index (χ4v) is 2.58. The molecular weight excluding hydrogens is 344 g/mol. The number of carboxylic acids is 1. The van der Waals surface area contributed by atoms with Crippen LogP contribution in [0.15, 0.2) is 34.8 Å². The number of anilines is 3. The maximum Gasteiger partial charge on any atom is 0.337 e. The summed E-state index contributed by atoms with van der Waals surface area (Å²) in [6, 6.07) is 8.61. The Labute approximate surface area is 129 Å². The zero-order chi connectivity index (χ0) is 14.9. The molecule has 0 aromatic heterocycles. The summed E-state index contributed by atoms with van der Waals surface area (Å²) in [6.07, 6.45) is 0. The Morgan fingerprint density at radius 1 is 1.35 bits per heavy atom. The van der Waals surface area contributed by atoms with Crippen molar-refractivity contribution in [2.24, 2.45) is 0 Å². The van der Waals surface area contributed by atoms with Gasteiger partial charge in [0.1, 0.15) is 0 Å². The summed E-state index contributed by atoms with van der Waals surface area (Å²) in [5.41, 5.74) is 8.26. The SMILES string of the molecule is Cc1cc(Nc2ccc(Cl)cc2Br)cc(C(=O)O)c1N. The molecule has 2 rings (SSSR count). The highest BCUT2D eigenvalue weighted by molar-refractivity contribution is 9.10. The normalized spacial score (nSPS) is 10.3. The number of rotatable bonds is 3. The highest BCUT2D eigenvalue weighted by atomic mass is 79.9. The predicted octanol–water partition coefficient (Wildman–Crippen LogP) is 4.43. The van der Waals surface area contributed by atoms with Crippen LogP contribution in [0, 0.1) is 6.92 Å². The number of halogens is 2. The van der Waals surface area contributed by atoms with Gasteiger partial charge in [-0.3, -0.25) is 0 Å². The van der Waals surface area contributed by atoms with E-state index >= 15 is 0 Å². The average Bonchev–Trinajstić information content (AvgIpc) is 2.36. The Balaban J connectivity index is 2.41. The molecule has 2 aromatic carbocycles.